The van der Waals surface area contributed by atoms with Gasteiger partial charge in [-0.3, -0.25) is 14.3 Å². The standard InChI is InChI=1S/C19H32N5O4PS/c1-5-6-7-10-30-19-21-12-15(22-18(20)23-16(12)27)24(19)17-14(26)13(25)11(28-17)8-9-29(2,3)4/h11,13-14,17,25-26H,2,5-10H2,1,3-4H3,(H3,20,22,23,27)/t11-,13-,14-,17-/m1/s1. The number of H-pyrrole nitrogens is 1. The molecule has 9 nitrogen and oxygen atoms in total. The lowest BCUT2D eigenvalue weighted by Gasteiger charge is -2.20. The predicted molar refractivity (Wildman–Crippen MR) is 124 cm³/mol. The summed E-state index contributed by atoms with van der Waals surface area (Å²) in [5, 5.41) is 21.9. The van der Waals surface area contributed by atoms with Crippen LogP contribution in [0.15, 0.2) is 9.95 Å². The first-order valence-corrected chi connectivity index (χ1v) is 14.3. The Morgan fingerprint density at radius 3 is 2.70 bits per heavy atom. The number of aromatic amines is 1. The van der Waals surface area contributed by atoms with Crippen molar-refractivity contribution in [3.05, 3.63) is 10.4 Å². The van der Waals surface area contributed by atoms with Crippen molar-refractivity contribution in [1.29, 1.82) is 0 Å². The fraction of sp³-hybridized carbons (Fsp3) is 0.684. The summed E-state index contributed by atoms with van der Waals surface area (Å²) < 4.78 is 7.70. The largest absolute Gasteiger partial charge is 0.388 e. The molecule has 0 radical (unpaired) electrons. The van der Waals surface area contributed by atoms with Gasteiger partial charge in [-0.25, -0.2) is 4.98 Å². The third-order valence-corrected chi connectivity index (χ3v) is 7.63. The average molecular weight is 458 g/mol. The molecule has 168 valence electrons. The highest BCUT2D eigenvalue weighted by Crippen LogP contribution is 2.41. The number of rotatable bonds is 9. The second-order valence-corrected chi connectivity index (χ2v) is 13.8. The maximum Gasteiger partial charge on any atom is 0.280 e. The van der Waals surface area contributed by atoms with E-state index >= 15 is 0 Å². The van der Waals surface area contributed by atoms with Gasteiger partial charge in [-0.05, 0) is 32.3 Å². The van der Waals surface area contributed by atoms with E-state index in [4.69, 9.17) is 10.5 Å². The highest BCUT2D eigenvalue weighted by molar-refractivity contribution is 7.99. The lowest BCUT2D eigenvalue weighted by molar-refractivity contribution is -0.0400. The summed E-state index contributed by atoms with van der Waals surface area (Å²) in [6.45, 7) is 5.07. The first kappa shape index (κ1) is 23.3. The normalized spacial score (nSPS) is 24.7. The van der Waals surface area contributed by atoms with Crippen LogP contribution in [0.5, 0.6) is 0 Å². The number of aliphatic hydroxyl groups excluding tert-OH is 2. The Morgan fingerprint density at radius 2 is 2.03 bits per heavy atom. The minimum atomic E-state index is -1.30. The highest BCUT2D eigenvalue weighted by Gasteiger charge is 2.45. The minimum Gasteiger partial charge on any atom is -0.388 e. The van der Waals surface area contributed by atoms with E-state index in [1.165, 1.54) is 11.8 Å². The van der Waals surface area contributed by atoms with Crippen molar-refractivity contribution < 1.29 is 14.9 Å². The number of thioether (sulfide) groups is 1. The van der Waals surface area contributed by atoms with E-state index in [2.05, 4.69) is 41.5 Å². The van der Waals surface area contributed by atoms with Gasteiger partial charge in [0.15, 0.2) is 22.5 Å². The number of hydrogen-bond acceptors (Lipinski definition) is 8. The van der Waals surface area contributed by atoms with Crippen molar-refractivity contribution in [3.8, 4) is 0 Å². The minimum absolute atomic E-state index is 0.0376. The summed E-state index contributed by atoms with van der Waals surface area (Å²) in [6.07, 6.45) is 5.17. The van der Waals surface area contributed by atoms with Gasteiger partial charge in [0.1, 0.15) is 12.2 Å². The number of ether oxygens (including phenoxy) is 1. The summed E-state index contributed by atoms with van der Waals surface area (Å²) in [5.41, 5.74) is 5.70. The first-order chi connectivity index (χ1) is 14.1. The lowest BCUT2D eigenvalue weighted by atomic mass is 10.1. The first-order valence-electron chi connectivity index (χ1n) is 10.2. The fourth-order valence-electron chi connectivity index (χ4n) is 3.49. The van der Waals surface area contributed by atoms with Crippen molar-refractivity contribution in [3.63, 3.8) is 0 Å². The molecular weight excluding hydrogens is 425 g/mol. The van der Waals surface area contributed by atoms with Crippen LogP contribution in [-0.4, -0.2) is 79.6 Å². The van der Waals surface area contributed by atoms with Crippen LogP contribution in [0.25, 0.3) is 11.2 Å². The second kappa shape index (κ2) is 9.44. The molecule has 0 saturated carbocycles. The van der Waals surface area contributed by atoms with E-state index in [0.29, 0.717) is 11.6 Å². The SMILES string of the molecule is C=P(C)(C)CC[C@H]1O[C@@H](n2c(SCCCCC)nc3c(=O)[nH]c(N)nc32)[C@H](O)[C@@H]1O. The zero-order valence-corrected chi connectivity index (χ0v) is 19.5. The molecular formula is C19H32N5O4PS. The van der Waals surface area contributed by atoms with Crippen molar-refractivity contribution in [2.24, 2.45) is 0 Å². The number of nitrogens with zero attached hydrogens (tertiary/aromatic N) is 3. The molecule has 0 aromatic carbocycles. The molecule has 5 N–H and O–H groups in total. The van der Waals surface area contributed by atoms with Gasteiger partial charge in [-0.2, -0.15) is 4.98 Å². The molecule has 2 aromatic rings. The Bertz CT molecular complexity index is 987. The van der Waals surface area contributed by atoms with Gasteiger partial charge >= 0.3 is 0 Å². The summed E-state index contributed by atoms with van der Waals surface area (Å²) in [7, 11) is 0. The molecule has 0 bridgehead atoms. The third-order valence-electron chi connectivity index (χ3n) is 5.13. The summed E-state index contributed by atoms with van der Waals surface area (Å²) in [4.78, 5) is 23.5. The Labute approximate surface area is 180 Å². The molecule has 0 aliphatic carbocycles. The Hall–Kier alpha value is -1.32. The molecule has 1 fully saturated rings. The Morgan fingerprint density at radius 1 is 1.30 bits per heavy atom. The maximum atomic E-state index is 12.4. The van der Waals surface area contributed by atoms with Gasteiger partial charge in [-0.15, -0.1) is 13.2 Å². The van der Waals surface area contributed by atoms with Crippen LogP contribution >= 0.6 is 18.6 Å². The van der Waals surface area contributed by atoms with Crippen LogP contribution in [0.4, 0.5) is 5.95 Å². The summed E-state index contributed by atoms with van der Waals surface area (Å²) in [5.74, 6) is 0.767. The van der Waals surface area contributed by atoms with Crippen LogP contribution < -0.4 is 11.3 Å². The lowest BCUT2D eigenvalue weighted by Crippen LogP contribution is -2.32. The molecule has 3 rings (SSSR count). The van der Waals surface area contributed by atoms with E-state index < -0.39 is 37.0 Å². The molecule has 4 atom stereocenters. The van der Waals surface area contributed by atoms with E-state index in [1.54, 1.807) is 4.57 Å². The van der Waals surface area contributed by atoms with Crippen LogP contribution in [0, 0.1) is 0 Å². The van der Waals surface area contributed by atoms with Crippen molar-refractivity contribution in [2.45, 2.75) is 62.3 Å². The predicted octanol–water partition coefficient (Wildman–Crippen LogP) is 1.70. The van der Waals surface area contributed by atoms with Crippen LogP contribution in [0.2, 0.25) is 0 Å². The number of anilines is 1. The van der Waals surface area contributed by atoms with E-state index in [-0.39, 0.29) is 17.1 Å². The number of nitrogens with one attached hydrogen (secondary N) is 1. The zero-order chi connectivity index (χ0) is 22.1. The average Bonchev–Trinajstić information content (AvgIpc) is 3.15. The number of nitrogen functional groups attached to an aromatic ring is 1. The second-order valence-electron chi connectivity index (χ2n) is 8.44. The third kappa shape index (κ3) is 5.11. The zero-order valence-electron chi connectivity index (χ0n) is 17.7. The molecule has 0 spiro atoms. The monoisotopic (exact) mass is 457 g/mol. The molecule has 1 aliphatic rings. The van der Waals surface area contributed by atoms with E-state index in [0.717, 1.165) is 31.2 Å². The Balaban J connectivity index is 1.96. The number of nitrogens with two attached hydrogens (primary N) is 1. The maximum absolute atomic E-state index is 12.4. The number of hydrogen-bond donors (Lipinski definition) is 4. The van der Waals surface area contributed by atoms with E-state index in [1.807, 2.05) is 0 Å². The van der Waals surface area contributed by atoms with Gasteiger partial charge < -0.3 is 20.7 Å². The van der Waals surface area contributed by atoms with Gasteiger partial charge in [0.25, 0.3) is 5.56 Å². The molecule has 1 saturated heterocycles. The fourth-order valence-corrected chi connectivity index (χ4v) is 5.46. The van der Waals surface area contributed by atoms with E-state index in [9.17, 15) is 15.0 Å². The molecule has 0 unspecified atom stereocenters. The number of aliphatic hydroxyl groups is 2. The molecule has 11 heteroatoms. The highest BCUT2D eigenvalue weighted by atomic mass is 32.2. The molecule has 2 aromatic heterocycles. The van der Waals surface area contributed by atoms with Crippen molar-refractivity contribution in [2.75, 3.05) is 31.0 Å². The van der Waals surface area contributed by atoms with Crippen LogP contribution in [0.1, 0.15) is 38.8 Å². The topological polar surface area (TPSA) is 139 Å². The Kier molecular flexibility index (Phi) is 7.35. The molecule has 1 aliphatic heterocycles. The van der Waals surface area contributed by atoms with Crippen LogP contribution in [0.3, 0.4) is 0 Å². The van der Waals surface area contributed by atoms with Gasteiger partial charge in [-0.1, -0.05) is 31.5 Å². The van der Waals surface area contributed by atoms with Gasteiger partial charge in [0.2, 0.25) is 5.95 Å². The molecule has 3 heterocycles. The van der Waals surface area contributed by atoms with Crippen molar-refractivity contribution >= 4 is 42.1 Å². The smallest absolute Gasteiger partial charge is 0.280 e. The van der Waals surface area contributed by atoms with Crippen molar-refractivity contribution in [1.82, 2.24) is 19.5 Å². The number of aromatic nitrogens is 4. The van der Waals surface area contributed by atoms with Gasteiger partial charge in [0.05, 0.1) is 6.10 Å². The van der Waals surface area contributed by atoms with Crippen LogP contribution in [-0.2, 0) is 4.74 Å². The summed E-state index contributed by atoms with van der Waals surface area (Å²) >= 11 is 1.48. The molecule has 0 amide bonds. The quantitative estimate of drug-likeness (QED) is 0.253. The summed E-state index contributed by atoms with van der Waals surface area (Å²) in [6, 6.07) is 0. The molecule has 30 heavy (non-hydrogen) atoms. The number of unbranched alkanes of at least 4 members (excludes halogenated alkanes) is 2. The van der Waals surface area contributed by atoms with Gasteiger partial charge in [0, 0.05) is 5.75 Å². The number of fused-ring (bicyclic) bond motifs is 1. The number of imidazole rings is 1.